The number of amides is 1. The fourth-order valence-corrected chi connectivity index (χ4v) is 6.55. The van der Waals surface area contributed by atoms with Gasteiger partial charge in [-0.3, -0.25) is 9.10 Å². The molecule has 10 nitrogen and oxygen atoms in total. The zero-order valence-electron chi connectivity index (χ0n) is 22.2. The Labute approximate surface area is 235 Å². The van der Waals surface area contributed by atoms with Gasteiger partial charge in [0.05, 0.1) is 23.4 Å². The number of carbonyl (C=O) groups is 1. The third-order valence-electron chi connectivity index (χ3n) is 6.28. The van der Waals surface area contributed by atoms with Gasteiger partial charge in [-0.15, -0.1) is 0 Å². The first-order valence-electron chi connectivity index (χ1n) is 12.9. The molecule has 1 N–H and O–H groups in total. The topological polar surface area (TPSA) is 122 Å². The van der Waals surface area contributed by atoms with Crippen LogP contribution in [0.1, 0.15) is 18.4 Å². The van der Waals surface area contributed by atoms with Gasteiger partial charge in [0, 0.05) is 13.1 Å². The molecule has 0 atom stereocenters. The summed E-state index contributed by atoms with van der Waals surface area (Å²) < 4.78 is 63.9. The second-order valence-electron chi connectivity index (χ2n) is 9.32. The van der Waals surface area contributed by atoms with Crippen LogP contribution in [0.25, 0.3) is 0 Å². The van der Waals surface area contributed by atoms with Gasteiger partial charge < -0.3 is 14.8 Å². The molecule has 1 saturated heterocycles. The first kappa shape index (κ1) is 29.4. The van der Waals surface area contributed by atoms with Gasteiger partial charge in [-0.2, -0.15) is 4.31 Å². The van der Waals surface area contributed by atoms with Crippen LogP contribution in [0.4, 0.5) is 5.69 Å². The molecule has 1 heterocycles. The number of hydrogen-bond donors (Lipinski definition) is 1. The van der Waals surface area contributed by atoms with E-state index < -0.39 is 32.5 Å². The maximum Gasteiger partial charge on any atom is 0.243 e. The Morgan fingerprint density at radius 2 is 1.45 bits per heavy atom. The Bertz CT molecular complexity index is 1470. The molecule has 4 rings (SSSR count). The number of benzene rings is 3. The lowest BCUT2D eigenvalue weighted by atomic mass is 10.2. The van der Waals surface area contributed by atoms with Gasteiger partial charge in [-0.05, 0) is 66.9 Å². The van der Waals surface area contributed by atoms with Crippen LogP contribution in [-0.4, -0.2) is 66.1 Å². The van der Waals surface area contributed by atoms with E-state index in [9.17, 15) is 21.6 Å². The molecule has 0 unspecified atom stereocenters. The minimum absolute atomic E-state index is 0.121. The summed E-state index contributed by atoms with van der Waals surface area (Å²) in [6.07, 6.45) is 2.77. The zero-order chi connectivity index (χ0) is 28.6. The van der Waals surface area contributed by atoms with E-state index in [1.807, 2.05) is 30.3 Å². The molecule has 12 heteroatoms. The summed E-state index contributed by atoms with van der Waals surface area (Å²) in [4.78, 5) is 12.7. The zero-order valence-corrected chi connectivity index (χ0v) is 23.9. The van der Waals surface area contributed by atoms with Crippen LogP contribution in [0.3, 0.4) is 0 Å². The number of ether oxygens (including phenoxy) is 2. The fraction of sp³-hybridized carbons (Fsp3) is 0.321. The molecule has 0 spiro atoms. The quantitative estimate of drug-likeness (QED) is 0.305. The van der Waals surface area contributed by atoms with E-state index in [1.165, 1.54) is 16.4 Å². The Kier molecular flexibility index (Phi) is 9.67. The van der Waals surface area contributed by atoms with Crippen molar-refractivity contribution in [2.75, 3.05) is 43.3 Å². The van der Waals surface area contributed by atoms with E-state index in [-0.39, 0.29) is 18.0 Å². The van der Waals surface area contributed by atoms with Crippen LogP contribution in [0.15, 0.2) is 83.8 Å². The molecule has 0 radical (unpaired) electrons. The molecular weight excluding hydrogens is 554 g/mol. The van der Waals surface area contributed by atoms with Crippen LogP contribution in [0.5, 0.6) is 11.5 Å². The SMILES string of the molecule is CS(=O)(=O)N(CC(=O)NCCOc1ccc(S(=O)(=O)N2CCCC2)cc1)c1ccc(OCc2ccccc2)cc1. The van der Waals surface area contributed by atoms with Crippen molar-refractivity contribution in [3.05, 3.63) is 84.4 Å². The molecule has 0 aliphatic carbocycles. The molecule has 3 aromatic rings. The highest BCUT2D eigenvalue weighted by atomic mass is 32.2. The van der Waals surface area contributed by atoms with Crippen LogP contribution < -0.4 is 19.1 Å². The van der Waals surface area contributed by atoms with Crippen molar-refractivity contribution in [3.63, 3.8) is 0 Å². The molecule has 1 amide bonds. The van der Waals surface area contributed by atoms with Crippen LogP contribution in [0.2, 0.25) is 0 Å². The van der Waals surface area contributed by atoms with E-state index >= 15 is 0 Å². The van der Waals surface area contributed by atoms with Crippen molar-refractivity contribution in [1.82, 2.24) is 9.62 Å². The predicted molar refractivity (Wildman–Crippen MR) is 152 cm³/mol. The highest BCUT2D eigenvalue weighted by molar-refractivity contribution is 7.92. The average molecular weight is 588 g/mol. The van der Waals surface area contributed by atoms with Gasteiger partial charge in [-0.1, -0.05) is 30.3 Å². The molecule has 1 aliphatic heterocycles. The number of rotatable bonds is 13. The minimum atomic E-state index is -3.73. The summed E-state index contributed by atoms with van der Waals surface area (Å²) >= 11 is 0. The number of nitrogens with one attached hydrogen (secondary N) is 1. The summed E-state index contributed by atoms with van der Waals surface area (Å²) in [5.74, 6) is 0.539. The van der Waals surface area contributed by atoms with E-state index in [4.69, 9.17) is 9.47 Å². The van der Waals surface area contributed by atoms with E-state index in [0.29, 0.717) is 36.9 Å². The van der Waals surface area contributed by atoms with Gasteiger partial charge in [0.1, 0.15) is 31.3 Å². The maximum atomic E-state index is 12.6. The molecule has 0 saturated carbocycles. The van der Waals surface area contributed by atoms with E-state index in [0.717, 1.165) is 29.0 Å². The lowest BCUT2D eigenvalue weighted by Gasteiger charge is -2.22. The van der Waals surface area contributed by atoms with Crippen LogP contribution in [-0.2, 0) is 31.4 Å². The third kappa shape index (κ3) is 7.96. The van der Waals surface area contributed by atoms with Crippen molar-refractivity contribution < 1.29 is 31.1 Å². The summed E-state index contributed by atoms with van der Waals surface area (Å²) in [5.41, 5.74) is 1.34. The number of anilines is 1. The normalized spacial score (nSPS) is 14.0. The summed E-state index contributed by atoms with van der Waals surface area (Å²) in [6, 6.07) is 22.3. The second-order valence-corrected chi connectivity index (χ2v) is 13.2. The van der Waals surface area contributed by atoms with Crippen molar-refractivity contribution >= 4 is 31.6 Å². The van der Waals surface area contributed by atoms with E-state index in [1.54, 1.807) is 36.4 Å². The second kappa shape index (κ2) is 13.2. The molecular formula is C28H33N3O7S2. The number of carbonyl (C=O) groups excluding carboxylic acids is 1. The fourth-order valence-electron chi connectivity index (χ4n) is 4.18. The van der Waals surface area contributed by atoms with Crippen molar-refractivity contribution in [1.29, 1.82) is 0 Å². The molecule has 1 fully saturated rings. The van der Waals surface area contributed by atoms with Gasteiger partial charge in [0.2, 0.25) is 26.0 Å². The monoisotopic (exact) mass is 587 g/mol. The van der Waals surface area contributed by atoms with Gasteiger partial charge in [0.15, 0.2) is 0 Å². The number of hydrogen-bond acceptors (Lipinski definition) is 7. The maximum absolute atomic E-state index is 12.6. The molecule has 3 aromatic carbocycles. The van der Waals surface area contributed by atoms with Crippen molar-refractivity contribution in [2.45, 2.75) is 24.3 Å². The summed E-state index contributed by atoms with van der Waals surface area (Å²) in [5, 5.41) is 2.65. The number of nitrogens with zero attached hydrogens (tertiary/aromatic N) is 2. The number of sulfonamides is 2. The molecule has 0 aromatic heterocycles. The predicted octanol–water partition coefficient (Wildman–Crippen LogP) is 3.01. The third-order valence-corrected chi connectivity index (χ3v) is 9.33. The Hall–Kier alpha value is -3.61. The minimum Gasteiger partial charge on any atom is -0.492 e. The van der Waals surface area contributed by atoms with Crippen molar-refractivity contribution in [3.8, 4) is 11.5 Å². The van der Waals surface area contributed by atoms with Crippen molar-refractivity contribution in [2.24, 2.45) is 0 Å². The van der Waals surface area contributed by atoms with E-state index in [2.05, 4.69) is 5.32 Å². The summed E-state index contributed by atoms with van der Waals surface area (Å²) in [6.45, 7) is 1.30. The smallest absolute Gasteiger partial charge is 0.243 e. The molecule has 214 valence electrons. The first-order valence-corrected chi connectivity index (χ1v) is 16.2. The summed E-state index contributed by atoms with van der Waals surface area (Å²) in [7, 11) is -7.22. The standard InChI is InChI=1S/C28H33N3O7S2/c1-39(33,34)31(24-9-11-26(12-10-24)38-22-23-7-3-2-4-8-23)21-28(32)29-17-20-37-25-13-15-27(16-14-25)40(35,36)30-18-5-6-19-30/h2-4,7-16H,5-6,17-22H2,1H3,(H,29,32). The van der Waals surface area contributed by atoms with Crippen LogP contribution in [0, 0.1) is 0 Å². The highest BCUT2D eigenvalue weighted by Crippen LogP contribution is 2.24. The Balaban J connectivity index is 1.25. The molecule has 1 aliphatic rings. The molecule has 40 heavy (non-hydrogen) atoms. The highest BCUT2D eigenvalue weighted by Gasteiger charge is 2.27. The Morgan fingerprint density at radius 1 is 0.850 bits per heavy atom. The van der Waals surface area contributed by atoms with Gasteiger partial charge in [-0.25, -0.2) is 16.8 Å². The van der Waals surface area contributed by atoms with Gasteiger partial charge >= 0.3 is 0 Å². The first-order chi connectivity index (χ1) is 19.1. The molecule has 0 bridgehead atoms. The average Bonchev–Trinajstić information content (AvgIpc) is 3.50. The lowest BCUT2D eigenvalue weighted by Crippen LogP contribution is -2.41. The lowest BCUT2D eigenvalue weighted by molar-refractivity contribution is -0.119. The van der Waals surface area contributed by atoms with Crippen LogP contribution >= 0.6 is 0 Å². The largest absolute Gasteiger partial charge is 0.492 e. The Morgan fingerprint density at radius 3 is 2.08 bits per heavy atom. The van der Waals surface area contributed by atoms with Gasteiger partial charge in [0.25, 0.3) is 0 Å².